The van der Waals surface area contributed by atoms with Crippen molar-refractivity contribution in [2.24, 2.45) is 5.92 Å². The number of halogens is 1. The number of carbonyl (C=O) groups excluding carboxylic acids is 1. The Morgan fingerprint density at radius 2 is 1.81 bits per heavy atom. The van der Waals surface area contributed by atoms with Gasteiger partial charge in [-0.15, -0.1) is 0 Å². The van der Waals surface area contributed by atoms with Crippen LogP contribution in [0.15, 0.2) is 42.5 Å². The number of thiazole rings is 1. The molecule has 0 unspecified atom stereocenters. The average Bonchev–Trinajstić information content (AvgIpc) is 3.27. The van der Waals surface area contributed by atoms with Crippen molar-refractivity contribution >= 4 is 49.9 Å². The van der Waals surface area contributed by atoms with Crippen LogP contribution in [-0.4, -0.2) is 55.1 Å². The molecule has 32 heavy (non-hydrogen) atoms. The summed E-state index contributed by atoms with van der Waals surface area (Å²) in [7, 11) is 0. The maximum atomic E-state index is 13.2. The lowest BCUT2D eigenvalue weighted by atomic mass is 9.95. The molecule has 0 atom stereocenters. The molecule has 168 valence electrons. The molecule has 0 N–H and O–H groups in total. The standard InChI is InChI=1S/C25H29ClN4OS/c1-2-18-6-7-22-23(16-18)32-25(27-22)30-10-8-19(9-11-30)24(31)29-14-12-28(13-15-29)21-5-3-4-20(26)17-21/h3-7,16-17,19H,2,8-15H2,1H3. The minimum Gasteiger partial charge on any atom is -0.368 e. The number of piperazine rings is 1. The van der Waals surface area contributed by atoms with Crippen LogP contribution >= 0.6 is 22.9 Å². The van der Waals surface area contributed by atoms with Gasteiger partial charge in [-0.1, -0.05) is 42.0 Å². The first-order valence-corrected chi connectivity index (χ1v) is 12.7. The summed E-state index contributed by atoms with van der Waals surface area (Å²) in [6, 6.07) is 14.5. The molecule has 2 aliphatic heterocycles. The van der Waals surface area contributed by atoms with Gasteiger partial charge in [0.1, 0.15) is 0 Å². The quantitative estimate of drug-likeness (QED) is 0.535. The van der Waals surface area contributed by atoms with Crippen LogP contribution in [0.3, 0.4) is 0 Å². The topological polar surface area (TPSA) is 39.7 Å². The van der Waals surface area contributed by atoms with Gasteiger partial charge in [0.2, 0.25) is 5.91 Å². The van der Waals surface area contributed by atoms with Gasteiger partial charge in [-0.05, 0) is 55.2 Å². The van der Waals surface area contributed by atoms with Crippen LogP contribution in [0.4, 0.5) is 10.8 Å². The summed E-state index contributed by atoms with van der Waals surface area (Å²) in [5.41, 5.74) is 3.57. The second-order valence-corrected chi connectivity index (χ2v) is 10.2. The summed E-state index contributed by atoms with van der Waals surface area (Å²) < 4.78 is 1.26. The number of piperidine rings is 1. The fraction of sp³-hybridized carbons (Fsp3) is 0.440. The number of hydrogen-bond acceptors (Lipinski definition) is 5. The summed E-state index contributed by atoms with van der Waals surface area (Å²) in [4.78, 5) is 24.7. The Kier molecular flexibility index (Phi) is 6.24. The number of rotatable bonds is 4. The van der Waals surface area contributed by atoms with Crippen LogP contribution in [0.25, 0.3) is 10.2 Å². The van der Waals surface area contributed by atoms with Gasteiger partial charge >= 0.3 is 0 Å². The molecule has 7 heteroatoms. The maximum absolute atomic E-state index is 13.2. The van der Waals surface area contributed by atoms with Crippen molar-refractivity contribution in [2.45, 2.75) is 26.2 Å². The van der Waals surface area contributed by atoms with E-state index in [2.05, 4.69) is 45.9 Å². The SMILES string of the molecule is CCc1ccc2nc(N3CCC(C(=O)N4CCN(c5cccc(Cl)c5)CC4)CC3)sc2c1. The highest BCUT2D eigenvalue weighted by atomic mass is 35.5. The first-order chi connectivity index (χ1) is 15.6. The highest BCUT2D eigenvalue weighted by Gasteiger charge is 2.31. The lowest BCUT2D eigenvalue weighted by Gasteiger charge is -2.39. The molecule has 0 saturated carbocycles. The van der Waals surface area contributed by atoms with Gasteiger partial charge < -0.3 is 14.7 Å². The summed E-state index contributed by atoms with van der Waals surface area (Å²) in [5.74, 6) is 0.456. The van der Waals surface area contributed by atoms with E-state index in [9.17, 15) is 4.79 Å². The molecule has 2 aliphatic rings. The van der Waals surface area contributed by atoms with E-state index in [1.54, 1.807) is 11.3 Å². The summed E-state index contributed by atoms with van der Waals surface area (Å²) >= 11 is 7.91. The third kappa shape index (κ3) is 4.44. The van der Waals surface area contributed by atoms with Gasteiger partial charge in [0.25, 0.3) is 0 Å². The van der Waals surface area contributed by atoms with Crippen molar-refractivity contribution in [3.63, 3.8) is 0 Å². The molecule has 3 aromatic rings. The highest BCUT2D eigenvalue weighted by molar-refractivity contribution is 7.22. The number of hydrogen-bond donors (Lipinski definition) is 0. The molecule has 5 rings (SSSR count). The molecule has 1 amide bonds. The second-order valence-electron chi connectivity index (χ2n) is 8.71. The molecule has 3 heterocycles. The van der Waals surface area contributed by atoms with Crippen molar-refractivity contribution in [2.75, 3.05) is 49.1 Å². The molecular weight excluding hydrogens is 440 g/mol. The average molecular weight is 469 g/mol. The lowest BCUT2D eigenvalue weighted by Crippen LogP contribution is -2.51. The van der Waals surface area contributed by atoms with Crippen molar-refractivity contribution < 1.29 is 4.79 Å². The third-order valence-electron chi connectivity index (χ3n) is 6.73. The minimum atomic E-state index is 0.130. The van der Waals surface area contributed by atoms with Gasteiger partial charge in [-0.3, -0.25) is 4.79 Å². The Morgan fingerprint density at radius 3 is 2.53 bits per heavy atom. The van der Waals surface area contributed by atoms with E-state index in [1.165, 1.54) is 10.3 Å². The molecule has 2 saturated heterocycles. The first kappa shape index (κ1) is 21.5. The normalized spacial score (nSPS) is 17.9. The number of nitrogens with zero attached hydrogens (tertiary/aromatic N) is 4. The summed E-state index contributed by atoms with van der Waals surface area (Å²) in [6.07, 6.45) is 2.86. The molecule has 5 nitrogen and oxygen atoms in total. The van der Waals surface area contributed by atoms with Crippen molar-refractivity contribution in [1.29, 1.82) is 0 Å². The first-order valence-electron chi connectivity index (χ1n) is 11.5. The van der Waals surface area contributed by atoms with Crippen LogP contribution < -0.4 is 9.80 Å². The Morgan fingerprint density at radius 1 is 1.03 bits per heavy atom. The number of amides is 1. The fourth-order valence-corrected chi connectivity index (χ4v) is 6.01. The van der Waals surface area contributed by atoms with E-state index in [-0.39, 0.29) is 5.92 Å². The zero-order chi connectivity index (χ0) is 22.1. The van der Waals surface area contributed by atoms with Crippen molar-refractivity contribution in [1.82, 2.24) is 9.88 Å². The largest absolute Gasteiger partial charge is 0.368 e. The van der Waals surface area contributed by atoms with Crippen molar-refractivity contribution in [3.8, 4) is 0 Å². The number of carbonyl (C=O) groups is 1. The van der Waals surface area contributed by atoms with E-state index in [0.717, 1.165) is 79.9 Å². The number of anilines is 2. The highest BCUT2D eigenvalue weighted by Crippen LogP contribution is 2.33. The van der Waals surface area contributed by atoms with Gasteiger partial charge in [-0.2, -0.15) is 0 Å². The Balaban J connectivity index is 1.16. The molecule has 0 spiro atoms. The van der Waals surface area contributed by atoms with Gasteiger partial charge in [0, 0.05) is 55.9 Å². The zero-order valence-corrected chi connectivity index (χ0v) is 20.0. The fourth-order valence-electron chi connectivity index (χ4n) is 4.75. The van der Waals surface area contributed by atoms with E-state index >= 15 is 0 Å². The maximum Gasteiger partial charge on any atom is 0.225 e. The van der Waals surface area contributed by atoms with Crippen LogP contribution in [0.1, 0.15) is 25.3 Å². The number of fused-ring (bicyclic) bond motifs is 1. The number of aryl methyl sites for hydroxylation is 1. The van der Waals surface area contributed by atoms with Crippen LogP contribution in [0, 0.1) is 5.92 Å². The minimum absolute atomic E-state index is 0.130. The van der Waals surface area contributed by atoms with E-state index in [4.69, 9.17) is 16.6 Å². The predicted molar refractivity (Wildman–Crippen MR) is 134 cm³/mol. The molecule has 2 aromatic carbocycles. The molecule has 2 fully saturated rings. The Bertz CT molecular complexity index is 1100. The van der Waals surface area contributed by atoms with Crippen LogP contribution in [0.5, 0.6) is 0 Å². The number of aromatic nitrogens is 1. The van der Waals surface area contributed by atoms with E-state index in [0.29, 0.717) is 5.91 Å². The molecule has 0 radical (unpaired) electrons. The number of benzene rings is 2. The molecular formula is C25H29ClN4OS. The van der Waals surface area contributed by atoms with E-state index in [1.807, 2.05) is 18.2 Å². The monoisotopic (exact) mass is 468 g/mol. The third-order valence-corrected chi connectivity index (χ3v) is 8.04. The van der Waals surface area contributed by atoms with E-state index < -0.39 is 0 Å². The second kappa shape index (κ2) is 9.28. The van der Waals surface area contributed by atoms with Gasteiger partial charge in [-0.25, -0.2) is 4.98 Å². The van der Waals surface area contributed by atoms with Crippen LogP contribution in [-0.2, 0) is 11.2 Å². The summed E-state index contributed by atoms with van der Waals surface area (Å²) in [5, 5.41) is 1.85. The van der Waals surface area contributed by atoms with Gasteiger partial charge in [0.05, 0.1) is 10.2 Å². The molecule has 0 bridgehead atoms. The smallest absolute Gasteiger partial charge is 0.225 e. The van der Waals surface area contributed by atoms with Crippen LogP contribution in [0.2, 0.25) is 5.02 Å². The predicted octanol–water partition coefficient (Wildman–Crippen LogP) is 5.08. The van der Waals surface area contributed by atoms with Gasteiger partial charge in [0.15, 0.2) is 5.13 Å². The lowest BCUT2D eigenvalue weighted by molar-refractivity contribution is -0.136. The van der Waals surface area contributed by atoms with Crippen molar-refractivity contribution in [3.05, 3.63) is 53.1 Å². The molecule has 1 aromatic heterocycles. The Labute approximate surface area is 198 Å². The summed E-state index contributed by atoms with van der Waals surface area (Å²) in [6.45, 7) is 7.26. The Hall–Kier alpha value is -2.31. The molecule has 0 aliphatic carbocycles. The zero-order valence-electron chi connectivity index (χ0n) is 18.5.